The topological polar surface area (TPSA) is 108 Å². The first-order valence-corrected chi connectivity index (χ1v) is 9.32. The van der Waals surface area contributed by atoms with Crippen LogP contribution in [0.1, 0.15) is 45.2 Å². The molecule has 3 N–H and O–H groups in total. The molecule has 1 aromatic heterocycles. The number of amides is 1. The van der Waals surface area contributed by atoms with Gasteiger partial charge in [-0.2, -0.15) is 5.10 Å². The van der Waals surface area contributed by atoms with Crippen LogP contribution in [0.15, 0.2) is 22.8 Å². The van der Waals surface area contributed by atoms with Gasteiger partial charge in [0, 0.05) is 23.0 Å². The van der Waals surface area contributed by atoms with Gasteiger partial charge in [-0.3, -0.25) is 9.48 Å². The molecule has 144 valence electrons. The van der Waals surface area contributed by atoms with Crippen molar-refractivity contribution in [2.75, 3.05) is 25.6 Å². The number of nitrogens with two attached hydrogens (primary N) is 1. The SMILES string of the molecule is COC(=O)c1cc(Nc2nn(C3CCCOC3)cc2C(N)=O)cc(C)c1Br. The number of halogens is 1. The van der Waals surface area contributed by atoms with Gasteiger partial charge in [-0.15, -0.1) is 0 Å². The first-order valence-electron chi connectivity index (χ1n) is 8.53. The zero-order chi connectivity index (χ0) is 19.6. The summed E-state index contributed by atoms with van der Waals surface area (Å²) in [6, 6.07) is 3.53. The second-order valence-electron chi connectivity index (χ2n) is 6.38. The van der Waals surface area contributed by atoms with Crippen molar-refractivity contribution in [2.24, 2.45) is 5.73 Å². The van der Waals surface area contributed by atoms with E-state index in [9.17, 15) is 9.59 Å². The molecule has 1 aliphatic heterocycles. The number of primary amides is 1. The fraction of sp³-hybridized carbons (Fsp3) is 0.389. The quantitative estimate of drug-likeness (QED) is 0.697. The molecule has 27 heavy (non-hydrogen) atoms. The highest BCUT2D eigenvalue weighted by Crippen LogP contribution is 2.29. The fourth-order valence-electron chi connectivity index (χ4n) is 3.02. The minimum Gasteiger partial charge on any atom is -0.465 e. The van der Waals surface area contributed by atoms with Crippen molar-refractivity contribution in [1.82, 2.24) is 9.78 Å². The Morgan fingerprint density at radius 3 is 2.81 bits per heavy atom. The molecule has 3 rings (SSSR count). The molecule has 1 amide bonds. The summed E-state index contributed by atoms with van der Waals surface area (Å²) < 4.78 is 12.7. The van der Waals surface area contributed by atoms with Crippen LogP contribution in [0, 0.1) is 6.92 Å². The molecular weight excluding hydrogens is 416 g/mol. The standard InChI is InChI=1S/C18H21BrN4O4/c1-10-6-11(7-13(15(10)19)18(25)26-2)21-17-14(16(20)24)8-23(22-17)12-4-3-5-27-9-12/h6-8,12H,3-5,9H2,1-2H3,(H2,20,24)(H,21,22). The van der Waals surface area contributed by atoms with E-state index < -0.39 is 11.9 Å². The Kier molecular flexibility index (Phi) is 5.81. The van der Waals surface area contributed by atoms with E-state index in [0.29, 0.717) is 28.1 Å². The molecule has 0 saturated carbocycles. The Hall–Kier alpha value is -2.39. The van der Waals surface area contributed by atoms with Gasteiger partial charge < -0.3 is 20.5 Å². The average Bonchev–Trinajstić information content (AvgIpc) is 3.08. The molecule has 1 saturated heterocycles. The van der Waals surface area contributed by atoms with Crippen molar-refractivity contribution < 1.29 is 19.1 Å². The molecule has 0 bridgehead atoms. The minimum atomic E-state index is -0.581. The third kappa shape index (κ3) is 4.14. The molecule has 8 nitrogen and oxygen atoms in total. The molecule has 2 aromatic rings. The van der Waals surface area contributed by atoms with Crippen LogP contribution in [0.5, 0.6) is 0 Å². The average molecular weight is 437 g/mol. The van der Waals surface area contributed by atoms with Crippen molar-refractivity contribution in [3.63, 3.8) is 0 Å². The predicted molar refractivity (Wildman–Crippen MR) is 103 cm³/mol. The van der Waals surface area contributed by atoms with Gasteiger partial charge in [0.2, 0.25) is 0 Å². The monoisotopic (exact) mass is 436 g/mol. The molecule has 0 spiro atoms. The number of aryl methyl sites for hydroxylation is 1. The third-order valence-corrected chi connectivity index (χ3v) is 5.48. The number of nitrogens with one attached hydrogen (secondary N) is 1. The number of ether oxygens (including phenoxy) is 2. The first kappa shape index (κ1) is 19.4. The smallest absolute Gasteiger partial charge is 0.339 e. The van der Waals surface area contributed by atoms with E-state index in [2.05, 4.69) is 26.3 Å². The number of rotatable bonds is 5. The highest BCUT2D eigenvalue weighted by Gasteiger charge is 2.22. The van der Waals surface area contributed by atoms with E-state index in [0.717, 1.165) is 25.0 Å². The van der Waals surface area contributed by atoms with Gasteiger partial charge in [0.05, 0.1) is 25.3 Å². The number of nitrogens with zero attached hydrogens (tertiary/aromatic N) is 2. The van der Waals surface area contributed by atoms with Crippen molar-refractivity contribution in [2.45, 2.75) is 25.8 Å². The van der Waals surface area contributed by atoms with E-state index in [1.807, 2.05) is 13.0 Å². The predicted octanol–water partition coefficient (Wildman–Crippen LogP) is 2.93. The zero-order valence-corrected chi connectivity index (χ0v) is 16.7. The van der Waals surface area contributed by atoms with Gasteiger partial charge in [-0.1, -0.05) is 0 Å². The van der Waals surface area contributed by atoms with Crippen LogP contribution in [-0.2, 0) is 9.47 Å². The maximum Gasteiger partial charge on any atom is 0.339 e. The number of hydrogen-bond acceptors (Lipinski definition) is 6. The van der Waals surface area contributed by atoms with Crippen LogP contribution in [0.4, 0.5) is 11.5 Å². The fourth-order valence-corrected chi connectivity index (χ4v) is 3.41. The molecule has 1 aromatic carbocycles. The molecule has 1 aliphatic rings. The van der Waals surface area contributed by atoms with E-state index in [1.54, 1.807) is 16.9 Å². The number of carbonyl (C=O) groups excluding carboxylic acids is 2. The number of carbonyl (C=O) groups is 2. The summed E-state index contributed by atoms with van der Waals surface area (Å²) in [6.45, 7) is 3.14. The highest BCUT2D eigenvalue weighted by atomic mass is 79.9. The first-order chi connectivity index (χ1) is 12.9. The molecule has 1 unspecified atom stereocenters. The summed E-state index contributed by atoms with van der Waals surface area (Å²) in [6.07, 6.45) is 3.49. The summed E-state index contributed by atoms with van der Waals surface area (Å²) in [4.78, 5) is 23.9. The molecule has 2 heterocycles. The van der Waals surface area contributed by atoms with Crippen molar-refractivity contribution >= 4 is 39.3 Å². The zero-order valence-electron chi connectivity index (χ0n) is 15.1. The highest BCUT2D eigenvalue weighted by molar-refractivity contribution is 9.10. The second kappa shape index (κ2) is 8.10. The summed E-state index contributed by atoms with van der Waals surface area (Å²) in [5.41, 5.74) is 7.61. The Morgan fingerprint density at radius 2 is 2.19 bits per heavy atom. The van der Waals surface area contributed by atoms with Gasteiger partial charge in [0.1, 0.15) is 5.56 Å². The maximum absolute atomic E-state index is 12.0. The third-order valence-electron chi connectivity index (χ3n) is 4.43. The number of anilines is 2. The summed E-state index contributed by atoms with van der Waals surface area (Å²) in [5, 5.41) is 7.59. The lowest BCUT2D eigenvalue weighted by molar-refractivity contribution is 0.0550. The van der Waals surface area contributed by atoms with Crippen molar-refractivity contribution in [3.8, 4) is 0 Å². The Labute approximate surface area is 165 Å². The van der Waals surface area contributed by atoms with E-state index in [-0.39, 0.29) is 11.6 Å². The van der Waals surface area contributed by atoms with Gasteiger partial charge in [-0.05, 0) is 53.4 Å². The van der Waals surface area contributed by atoms with E-state index >= 15 is 0 Å². The Balaban J connectivity index is 1.95. The molecule has 9 heteroatoms. The normalized spacial score (nSPS) is 16.8. The van der Waals surface area contributed by atoms with Crippen LogP contribution in [0.2, 0.25) is 0 Å². The largest absolute Gasteiger partial charge is 0.465 e. The van der Waals surface area contributed by atoms with Crippen LogP contribution < -0.4 is 11.1 Å². The van der Waals surface area contributed by atoms with Crippen molar-refractivity contribution in [3.05, 3.63) is 39.5 Å². The Morgan fingerprint density at radius 1 is 1.41 bits per heavy atom. The van der Waals surface area contributed by atoms with Crippen LogP contribution >= 0.6 is 15.9 Å². The number of esters is 1. The summed E-state index contributed by atoms with van der Waals surface area (Å²) >= 11 is 3.40. The molecule has 1 atom stereocenters. The molecule has 0 radical (unpaired) electrons. The van der Waals surface area contributed by atoms with E-state index in [1.165, 1.54) is 7.11 Å². The second-order valence-corrected chi connectivity index (χ2v) is 7.17. The summed E-state index contributed by atoms with van der Waals surface area (Å²) in [7, 11) is 1.32. The minimum absolute atomic E-state index is 0.0599. The Bertz CT molecular complexity index is 874. The number of hydrogen-bond donors (Lipinski definition) is 2. The maximum atomic E-state index is 12.0. The van der Waals surface area contributed by atoms with Gasteiger partial charge in [-0.25, -0.2) is 4.79 Å². The lowest BCUT2D eigenvalue weighted by Gasteiger charge is -2.22. The molecular formula is C18H21BrN4O4. The molecule has 0 aliphatic carbocycles. The number of aromatic nitrogens is 2. The summed E-state index contributed by atoms with van der Waals surface area (Å²) in [5.74, 6) is -0.707. The van der Waals surface area contributed by atoms with Crippen LogP contribution in [0.25, 0.3) is 0 Å². The van der Waals surface area contributed by atoms with Crippen LogP contribution in [-0.4, -0.2) is 42.0 Å². The number of benzene rings is 1. The van der Waals surface area contributed by atoms with Crippen molar-refractivity contribution in [1.29, 1.82) is 0 Å². The lowest BCUT2D eigenvalue weighted by atomic mass is 10.1. The van der Waals surface area contributed by atoms with E-state index in [4.69, 9.17) is 15.2 Å². The molecule has 1 fully saturated rings. The van der Waals surface area contributed by atoms with Gasteiger partial charge in [0.25, 0.3) is 5.91 Å². The number of methoxy groups -OCH3 is 1. The van der Waals surface area contributed by atoms with Gasteiger partial charge in [0.15, 0.2) is 5.82 Å². The van der Waals surface area contributed by atoms with Gasteiger partial charge >= 0.3 is 5.97 Å². The van der Waals surface area contributed by atoms with Crippen LogP contribution in [0.3, 0.4) is 0 Å². The lowest BCUT2D eigenvalue weighted by Crippen LogP contribution is -2.21.